The molecule has 4 rings (SSSR count). The summed E-state index contributed by atoms with van der Waals surface area (Å²) in [5, 5.41) is 15.0. The monoisotopic (exact) mass is 394 g/mol. The van der Waals surface area contributed by atoms with E-state index in [1.54, 1.807) is 42.5 Å². The van der Waals surface area contributed by atoms with Crippen LogP contribution >= 0.6 is 0 Å². The van der Waals surface area contributed by atoms with E-state index in [0.717, 1.165) is 17.7 Å². The maximum atomic E-state index is 12.7. The lowest BCUT2D eigenvalue weighted by Crippen LogP contribution is -2.33. The van der Waals surface area contributed by atoms with Crippen LogP contribution in [0.5, 0.6) is 5.75 Å². The fraction of sp³-hybridized carbons (Fsp3) is 0.318. The number of carboxylic acids is 1. The van der Waals surface area contributed by atoms with Crippen LogP contribution in [0.3, 0.4) is 0 Å². The molecule has 1 saturated carbocycles. The van der Waals surface area contributed by atoms with Crippen LogP contribution in [0.2, 0.25) is 0 Å². The van der Waals surface area contributed by atoms with Crippen molar-refractivity contribution in [2.75, 3.05) is 11.9 Å². The minimum atomic E-state index is -1.18. The summed E-state index contributed by atoms with van der Waals surface area (Å²) in [7, 11) is 0. The van der Waals surface area contributed by atoms with Crippen molar-refractivity contribution >= 4 is 23.5 Å². The lowest BCUT2D eigenvalue weighted by Gasteiger charge is -2.16. The molecule has 0 radical (unpaired) electrons. The normalized spacial score (nSPS) is 20.2. The smallest absolute Gasteiger partial charge is 0.330 e. The molecular weight excluding hydrogens is 372 g/mol. The number of carboxylic acid groups (broad SMARTS) is 1. The minimum Gasteiger partial charge on any atom is -0.493 e. The summed E-state index contributed by atoms with van der Waals surface area (Å²) in [6, 6.07) is 10.5. The van der Waals surface area contributed by atoms with E-state index in [-0.39, 0.29) is 17.4 Å². The highest BCUT2D eigenvalue weighted by Crippen LogP contribution is 2.38. The average molecular weight is 394 g/mol. The first-order valence-corrected chi connectivity index (χ1v) is 9.62. The lowest BCUT2D eigenvalue weighted by molar-refractivity contribution is -0.139. The molecule has 150 valence electrons. The van der Waals surface area contributed by atoms with Gasteiger partial charge in [-0.3, -0.25) is 9.59 Å². The molecule has 1 aliphatic heterocycles. The fourth-order valence-corrected chi connectivity index (χ4v) is 3.55. The third-order valence-electron chi connectivity index (χ3n) is 5.41. The second-order valence-corrected chi connectivity index (χ2v) is 7.60. The first-order valence-electron chi connectivity index (χ1n) is 9.62. The van der Waals surface area contributed by atoms with E-state index in [0.29, 0.717) is 30.2 Å². The molecule has 3 N–H and O–H groups in total. The largest absolute Gasteiger partial charge is 0.493 e. The molecular formula is C22H22N2O5. The van der Waals surface area contributed by atoms with Gasteiger partial charge in [0.15, 0.2) is 6.04 Å². The molecule has 2 amide bonds. The third-order valence-corrected chi connectivity index (χ3v) is 5.41. The van der Waals surface area contributed by atoms with Crippen molar-refractivity contribution in [3.63, 3.8) is 0 Å². The Balaban J connectivity index is 1.49. The van der Waals surface area contributed by atoms with Crippen LogP contribution in [-0.4, -0.2) is 29.5 Å². The van der Waals surface area contributed by atoms with Gasteiger partial charge in [0.05, 0.1) is 6.61 Å². The number of ether oxygens (including phenoxy) is 1. The zero-order chi connectivity index (χ0) is 20.5. The van der Waals surface area contributed by atoms with Gasteiger partial charge in [0.2, 0.25) is 5.91 Å². The Kier molecular flexibility index (Phi) is 4.96. The van der Waals surface area contributed by atoms with Gasteiger partial charge in [-0.15, -0.1) is 0 Å². The molecule has 7 heteroatoms. The van der Waals surface area contributed by atoms with E-state index in [1.807, 2.05) is 6.92 Å². The average Bonchev–Trinajstić information content (AvgIpc) is 3.25. The van der Waals surface area contributed by atoms with E-state index < -0.39 is 17.9 Å². The molecule has 0 aromatic heterocycles. The van der Waals surface area contributed by atoms with Gasteiger partial charge in [-0.2, -0.15) is 0 Å². The van der Waals surface area contributed by atoms with Gasteiger partial charge in [0.25, 0.3) is 5.91 Å². The van der Waals surface area contributed by atoms with Gasteiger partial charge in [0, 0.05) is 23.6 Å². The number of carbonyl (C=O) groups is 3. The number of amides is 2. The quantitative estimate of drug-likeness (QED) is 0.699. The van der Waals surface area contributed by atoms with E-state index in [9.17, 15) is 19.5 Å². The molecule has 7 nitrogen and oxygen atoms in total. The Morgan fingerprint density at radius 3 is 2.69 bits per heavy atom. The standard InChI is InChI=1S/C22H22N2O5/c1-12-9-17(12)21(26)23-16-4-2-3-15(11-16)20(25)24-19(22(27)28)14-5-6-18-13(10-14)7-8-29-18/h2-6,10-12,17,19H,7-9H2,1H3,(H,23,26)(H,24,25)(H,27,28). The summed E-state index contributed by atoms with van der Waals surface area (Å²) in [5.74, 6) is -0.575. The Morgan fingerprint density at radius 1 is 1.17 bits per heavy atom. The predicted octanol–water partition coefficient (Wildman–Crippen LogP) is 2.77. The molecule has 0 spiro atoms. The summed E-state index contributed by atoms with van der Waals surface area (Å²) in [4.78, 5) is 36.6. The number of fused-ring (bicyclic) bond motifs is 1. The van der Waals surface area contributed by atoms with Crippen molar-refractivity contribution < 1.29 is 24.2 Å². The van der Waals surface area contributed by atoms with Gasteiger partial charge in [-0.05, 0) is 53.8 Å². The minimum absolute atomic E-state index is 0.0210. The molecule has 1 fully saturated rings. The van der Waals surface area contributed by atoms with Crippen molar-refractivity contribution in [2.24, 2.45) is 11.8 Å². The predicted molar refractivity (Wildman–Crippen MR) is 106 cm³/mol. The Hall–Kier alpha value is -3.35. The lowest BCUT2D eigenvalue weighted by atomic mass is 10.0. The number of carbonyl (C=O) groups excluding carboxylic acids is 2. The number of rotatable bonds is 6. The molecule has 29 heavy (non-hydrogen) atoms. The zero-order valence-corrected chi connectivity index (χ0v) is 16.0. The van der Waals surface area contributed by atoms with Gasteiger partial charge < -0.3 is 20.5 Å². The Morgan fingerprint density at radius 2 is 1.97 bits per heavy atom. The van der Waals surface area contributed by atoms with Crippen LogP contribution in [0.4, 0.5) is 5.69 Å². The van der Waals surface area contributed by atoms with Crippen molar-refractivity contribution in [2.45, 2.75) is 25.8 Å². The van der Waals surface area contributed by atoms with Crippen molar-refractivity contribution in [3.8, 4) is 5.75 Å². The summed E-state index contributed by atoms with van der Waals surface area (Å²) in [6.45, 7) is 2.59. The van der Waals surface area contributed by atoms with Crippen molar-refractivity contribution in [1.29, 1.82) is 0 Å². The van der Waals surface area contributed by atoms with Crippen LogP contribution in [0.1, 0.15) is 40.9 Å². The van der Waals surface area contributed by atoms with Gasteiger partial charge >= 0.3 is 5.97 Å². The maximum Gasteiger partial charge on any atom is 0.330 e. The third kappa shape index (κ3) is 4.08. The fourth-order valence-electron chi connectivity index (χ4n) is 3.55. The molecule has 0 bridgehead atoms. The van der Waals surface area contributed by atoms with Gasteiger partial charge in [-0.25, -0.2) is 4.79 Å². The summed E-state index contributed by atoms with van der Waals surface area (Å²) < 4.78 is 5.45. The number of aliphatic carboxylic acids is 1. The second kappa shape index (κ2) is 7.58. The summed E-state index contributed by atoms with van der Waals surface area (Å²) in [5.41, 5.74) is 2.22. The number of benzene rings is 2. The first kappa shape index (κ1) is 19.0. The van der Waals surface area contributed by atoms with E-state index in [1.165, 1.54) is 0 Å². The molecule has 3 atom stereocenters. The van der Waals surface area contributed by atoms with Crippen LogP contribution in [0.15, 0.2) is 42.5 Å². The van der Waals surface area contributed by atoms with Crippen LogP contribution < -0.4 is 15.4 Å². The van der Waals surface area contributed by atoms with Gasteiger partial charge in [-0.1, -0.05) is 19.1 Å². The van der Waals surface area contributed by atoms with Crippen LogP contribution in [-0.2, 0) is 16.0 Å². The van der Waals surface area contributed by atoms with E-state index in [4.69, 9.17) is 4.74 Å². The zero-order valence-electron chi connectivity index (χ0n) is 16.0. The van der Waals surface area contributed by atoms with Crippen molar-refractivity contribution in [1.82, 2.24) is 5.32 Å². The molecule has 1 aliphatic carbocycles. The molecule has 2 aliphatic rings. The summed E-state index contributed by atoms with van der Waals surface area (Å²) >= 11 is 0. The number of nitrogens with one attached hydrogen (secondary N) is 2. The summed E-state index contributed by atoms with van der Waals surface area (Å²) in [6.07, 6.45) is 1.59. The topological polar surface area (TPSA) is 105 Å². The van der Waals surface area contributed by atoms with Crippen LogP contribution in [0, 0.1) is 11.8 Å². The maximum absolute atomic E-state index is 12.7. The van der Waals surface area contributed by atoms with Gasteiger partial charge in [0.1, 0.15) is 5.75 Å². The van der Waals surface area contributed by atoms with Crippen molar-refractivity contribution in [3.05, 3.63) is 59.2 Å². The highest BCUT2D eigenvalue weighted by atomic mass is 16.5. The SMILES string of the molecule is CC1CC1C(=O)Nc1cccc(C(=O)NC(C(=O)O)c2ccc3c(c2)CCO3)c1. The Bertz CT molecular complexity index is 987. The number of anilines is 1. The molecule has 1 heterocycles. The highest BCUT2D eigenvalue weighted by Gasteiger charge is 2.39. The number of hydrogen-bond donors (Lipinski definition) is 3. The van der Waals surface area contributed by atoms with Crippen LogP contribution in [0.25, 0.3) is 0 Å². The molecule has 2 aromatic carbocycles. The molecule has 3 unspecified atom stereocenters. The second-order valence-electron chi connectivity index (χ2n) is 7.60. The van der Waals surface area contributed by atoms with E-state index in [2.05, 4.69) is 10.6 Å². The number of hydrogen-bond acceptors (Lipinski definition) is 4. The molecule has 2 aromatic rings. The molecule has 0 saturated heterocycles. The first-order chi connectivity index (χ1) is 13.9. The van der Waals surface area contributed by atoms with E-state index >= 15 is 0 Å². The Labute approximate surface area is 168 Å². The highest BCUT2D eigenvalue weighted by molar-refractivity contribution is 5.99.